The van der Waals surface area contributed by atoms with Gasteiger partial charge < -0.3 is 0 Å². The number of rotatable bonds is 11. The number of pyridine rings is 5. The number of nitrogens with zero attached hydrogens (tertiary/aromatic N) is 5. The zero-order valence-corrected chi connectivity index (χ0v) is 58.0. The molecule has 0 aliphatic carbocycles. The summed E-state index contributed by atoms with van der Waals surface area (Å²) in [5.41, 5.74) is 24.3. The first kappa shape index (κ1) is 54.8. The maximum atomic E-state index is 8.40. The van der Waals surface area contributed by atoms with Gasteiger partial charge in [-0.2, -0.15) is 0 Å². The molecule has 5 nitrogen and oxygen atoms in total. The lowest BCUT2D eigenvalue weighted by atomic mass is 9.96. The fourth-order valence-electron chi connectivity index (χ4n) is 11.6. The van der Waals surface area contributed by atoms with Gasteiger partial charge in [0.15, 0.2) is 31.0 Å². The van der Waals surface area contributed by atoms with E-state index < -0.39 is 38.2 Å². The highest BCUT2D eigenvalue weighted by Crippen LogP contribution is 2.30. The number of hydrogen-bond acceptors (Lipinski definition) is 0. The van der Waals surface area contributed by atoms with Crippen molar-refractivity contribution in [1.29, 1.82) is 0 Å². The van der Waals surface area contributed by atoms with E-state index in [2.05, 4.69) is 213 Å². The highest BCUT2D eigenvalue weighted by molar-refractivity contribution is 5.65. The first-order valence-corrected chi connectivity index (χ1v) is 31.6. The number of benzene rings is 5. The van der Waals surface area contributed by atoms with Crippen LogP contribution in [-0.4, -0.2) is 0 Å². The SMILES string of the molecule is Cc1ccccc1-c1cc(C)c(C(C)C)c[n+]1C.Cc1ccccc1-c1ccc(CC(C)C)c[n+]1C.[2H]C(C)(C)c1c[n+](C)c(-c2ccccc2C)cc1C.[2H]C([2H])([2H])c1c[n+](C)c(-c2ccccc2C)cc1C([2H])(C)C.[2H]C([2H])([2H])c1c[n+](C)c(-c2ccccc2C)cc1C([2H])(C)C([2H])([2H])[2H]. The molecule has 0 aliphatic heterocycles. The normalized spacial score (nSPS) is 14.3. The smallest absolute Gasteiger partial charge is 0.201 e. The topological polar surface area (TPSA) is 19.4 Å². The Morgan fingerprint density at radius 1 is 0.311 bits per heavy atom. The summed E-state index contributed by atoms with van der Waals surface area (Å²) < 4.78 is 105. The largest absolute Gasteiger partial charge is 0.212 e. The van der Waals surface area contributed by atoms with Crippen LogP contribution in [-0.2, 0) is 41.7 Å². The zero-order valence-electron chi connectivity index (χ0n) is 70.0. The molecule has 10 rings (SSSR count). The van der Waals surface area contributed by atoms with Crippen LogP contribution in [0.15, 0.2) is 189 Å². The van der Waals surface area contributed by atoms with Crippen molar-refractivity contribution in [3.63, 3.8) is 0 Å². The first-order chi connectivity index (χ1) is 47.2. The van der Waals surface area contributed by atoms with Gasteiger partial charge in [0, 0.05) is 102 Å². The van der Waals surface area contributed by atoms with Crippen molar-refractivity contribution in [1.82, 2.24) is 0 Å². The van der Waals surface area contributed by atoms with E-state index in [1.165, 1.54) is 91.9 Å². The number of aromatic nitrogens is 5. The number of aryl methyl sites for hydroxylation is 14. The summed E-state index contributed by atoms with van der Waals surface area (Å²) in [5.74, 6) is -2.30. The van der Waals surface area contributed by atoms with Crippen molar-refractivity contribution >= 4 is 0 Å². The summed E-state index contributed by atoms with van der Waals surface area (Å²) in [5, 5.41) is 0. The molecule has 0 aliphatic rings. The minimum absolute atomic E-state index is 0.00357. The average Bonchev–Trinajstić information content (AvgIpc) is 0.722. The zero-order chi connectivity index (χ0) is 76.5. The highest BCUT2D eigenvalue weighted by Gasteiger charge is 2.21. The molecule has 10 aromatic rings. The molecule has 5 aromatic heterocycles. The standard InChI is InChI=1S/5C17H22N/c2*1-12(2)16-10-17(18(5)11-14(16)4)15-9-7-6-8-13(15)3;2*1-12(2)16-11-18(5)17(10-14(16)4)15-9-7-6-8-13(15)3;1-13(2)11-15-9-10-17(18(4)12-15)16-8-6-5-7-14(16)3/h4*6-12H,1-5H3;5-10,12-13H,11H2,1-4H3/q5*+1/i1D3,4D3,12D;4D3,12D;12D;;. The minimum atomic E-state index is -2.66. The Balaban J connectivity index is 0.000000202. The van der Waals surface area contributed by atoms with Gasteiger partial charge in [0.1, 0.15) is 35.2 Å². The molecule has 470 valence electrons. The lowest BCUT2D eigenvalue weighted by Gasteiger charge is -2.11. The van der Waals surface area contributed by atoms with E-state index in [0.29, 0.717) is 23.1 Å². The van der Waals surface area contributed by atoms with E-state index in [-0.39, 0.29) is 16.7 Å². The van der Waals surface area contributed by atoms with Crippen molar-refractivity contribution in [2.24, 2.45) is 41.2 Å². The van der Waals surface area contributed by atoms with Gasteiger partial charge in [-0.15, -0.1) is 0 Å². The molecule has 0 N–H and O–H groups in total. The van der Waals surface area contributed by atoms with Gasteiger partial charge in [-0.25, -0.2) is 22.8 Å². The number of hydrogen-bond donors (Lipinski definition) is 0. The predicted molar refractivity (Wildman–Crippen MR) is 383 cm³/mol. The quantitative estimate of drug-likeness (QED) is 0.115. The molecule has 1 unspecified atom stereocenters. The Bertz CT molecular complexity index is 4540. The van der Waals surface area contributed by atoms with Gasteiger partial charge in [0.25, 0.3) is 0 Å². The second kappa shape index (κ2) is 32.5. The third kappa shape index (κ3) is 18.5. The lowest BCUT2D eigenvalue weighted by molar-refractivity contribution is -0.661. The van der Waals surface area contributed by atoms with Gasteiger partial charge in [-0.1, -0.05) is 160 Å². The summed E-state index contributed by atoms with van der Waals surface area (Å²) in [6.45, 7) is 24.9. The van der Waals surface area contributed by atoms with Gasteiger partial charge >= 0.3 is 0 Å². The van der Waals surface area contributed by atoms with Crippen molar-refractivity contribution in [3.05, 3.63) is 267 Å². The fraction of sp³-hybridized carbons (Fsp3) is 0.353. The molecule has 0 radical (unpaired) electrons. The molecule has 90 heavy (non-hydrogen) atoms. The highest BCUT2D eigenvalue weighted by atomic mass is 14.9. The molecule has 5 heterocycles. The Labute approximate surface area is 562 Å². The van der Waals surface area contributed by atoms with E-state index in [0.717, 1.165) is 39.9 Å². The first-order valence-electron chi connectivity index (χ1n) is 37.6. The summed E-state index contributed by atoms with van der Waals surface area (Å²) in [6.07, 6.45) is 10.8. The monoisotopic (exact) mass is 1210 g/mol. The van der Waals surface area contributed by atoms with Crippen LogP contribution < -0.4 is 22.8 Å². The molecular weight excluding hydrogens is 1090 g/mol. The van der Waals surface area contributed by atoms with Gasteiger partial charge in [-0.05, 0) is 185 Å². The van der Waals surface area contributed by atoms with Crippen LogP contribution >= 0.6 is 0 Å². The van der Waals surface area contributed by atoms with Gasteiger partial charge in [0.2, 0.25) is 28.5 Å². The molecule has 5 heteroatoms. The van der Waals surface area contributed by atoms with Crippen LogP contribution in [0.5, 0.6) is 0 Å². The Morgan fingerprint density at radius 2 is 0.622 bits per heavy atom. The van der Waals surface area contributed by atoms with Crippen LogP contribution in [0.2, 0.25) is 0 Å². The predicted octanol–water partition coefficient (Wildman–Crippen LogP) is 19.4. The van der Waals surface area contributed by atoms with E-state index in [4.69, 9.17) is 16.4 Å². The van der Waals surface area contributed by atoms with Crippen LogP contribution in [0.4, 0.5) is 0 Å². The maximum absolute atomic E-state index is 8.40. The molecule has 0 bridgehead atoms. The summed E-state index contributed by atoms with van der Waals surface area (Å²) in [6, 6.07) is 53.4. The molecule has 1 atom stereocenters. The Kier molecular flexibility index (Phi) is 19.8. The average molecular weight is 1210 g/mol. The molecule has 0 amide bonds. The second-order valence-electron chi connectivity index (χ2n) is 25.5. The van der Waals surface area contributed by atoms with Crippen LogP contribution in [0.25, 0.3) is 56.3 Å². The van der Waals surface area contributed by atoms with E-state index in [1.54, 1.807) is 31.7 Å². The third-order valence-electron chi connectivity index (χ3n) is 16.6. The van der Waals surface area contributed by atoms with Crippen LogP contribution in [0.3, 0.4) is 0 Å². The maximum Gasteiger partial charge on any atom is 0.212 e. The Hall–Kier alpha value is -8.15. The summed E-state index contributed by atoms with van der Waals surface area (Å²) in [4.78, 5) is 0. The van der Waals surface area contributed by atoms with E-state index in [1.807, 2.05) is 93.9 Å². The Morgan fingerprint density at radius 3 is 0.944 bits per heavy atom. The molecule has 0 fully saturated rings. The van der Waals surface area contributed by atoms with Crippen molar-refractivity contribution < 1.29 is 39.3 Å². The molecule has 0 saturated carbocycles. The molecule has 0 saturated heterocycles. The van der Waals surface area contributed by atoms with Crippen LogP contribution in [0, 0.1) is 68.1 Å². The summed E-state index contributed by atoms with van der Waals surface area (Å²) in [7, 11) is 9.88. The second-order valence-corrected chi connectivity index (χ2v) is 25.5. The van der Waals surface area contributed by atoms with Crippen molar-refractivity contribution in [2.45, 2.75) is 161 Å². The van der Waals surface area contributed by atoms with Gasteiger partial charge in [-0.3, -0.25) is 0 Å². The van der Waals surface area contributed by atoms with Crippen LogP contribution in [0.1, 0.15) is 187 Å². The van der Waals surface area contributed by atoms with Gasteiger partial charge in [0.05, 0.1) is 0 Å². The molecule has 5 aromatic carbocycles. The third-order valence-corrected chi connectivity index (χ3v) is 16.6. The van der Waals surface area contributed by atoms with Crippen molar-refractivity contribution in [2.75, 3.05) is 0 Å². The fourth-order valence-corrected chi connectivity index (χ4v) is 11.6. The van der Waals surface area contributed by atoms with Crippen molar-refractivity contribution in [3.8, 4) is 56.3 Å². The minimum Gasteiger partial charge on any atom is -0.201 e. The lowest BCUT2D eigenvalue weighted by Crippen LogP contribution is -2.32. The van der Waals surface area contributed by atoms with E-state index >= 15 is 0 Å². The summed E-state index contributed by atoms with van der Waals surface area (Å²) >= 11 is 0. The molecular formula is C85H110N5+5. The van der Waals surface area contributed by atoms with E-state index in [9.17, 15) is 0 Å². The molecule has 0 spiro atoms.